The fourth-order valence-corrected chi connectivity index (χ4v) is 6.98. The van der Waals surface area contributed by atoms with Gasteiger partial charge >= 0.3 is 5.97 Å². The predicted octanol–water partition coefficient (Wildman–Crippen LogP) is 6.68. The zero-order chi connectivity index (χ0) is 33.0. The summed E-state index contributed by atoms with van der Waals surface area (Å²) >= 11 is 1.28. The molecule has 7 rings (SSSR count). The van der Waals surface area contributed by atoms with Crippen molar-refractivity contribution in [3.63, 3.8) is 0 Å². The van der Waals surface area contributed by atoms with Crippen LogP contribution < -0.4 is 24.4 Å². The maximum Gasteiger partial charge on any atom is 0.338 e. The lowest BCUT2D eigenvalue weighted by atomic mass is 9.93. The number of rotatable bonds is 9. The number of thiazole rings is 1. The van der Waals surface area contributed by atoms with Gasteiger partial charge in [-0.05, 0) is 53.1 Å². The molecule has 0 spiro atoms. The second-order valence-corrected chi connectivity index (χ2v) is 12.2. The lowest BCUT2D eigenvalue weighted by Crippen LogP contribution is -2.40. The van der Waals surface area contributed by atoms with Crippen LogP contribution >= 0.6 is 11.3 Å². The molecular formula is C40H32N2O5S. The number of hydrogen-bond acceptors (Lipinski definition) is 7. The van der Waals surface area contributed by atoms with Crippen LogP contribution in [-0.4, -0.2) is 24.3 Å². The van der Waals surface area contributed by atoms with Crippen LogP contribution in [0.25, 0.3) is 22.5 Å². The first kappa shape index (κ1) is 30.9. The molecule has 0 radical (unpaired) electrons. The monoisotopic (exact) mass is 652 g/mol. The van der Waals surface area contributed by atoms with E-state index in [0.29, 0.717) is 38.7 Å². The van der Waals surface area contributed by atoms with Gasteiger partial charge < -0.3 is 14.2 Å². The summed E-state index contributed by atoms with van der Waals surface area (Å²) in [7, 11) is 1.60. The summed E-state index contributed by atoms with van der Waals surface area (Å²) in [6.07, 6.45) is 1.84. The Morgan fingerprint density at radius 1 is 0.875 bits per heavy atom. The zero-order valence-electron chi connectivity index (χ0n) is 26.5. The molecule has 5 aromatic carbocycles. The second kappa shape index (κ2) is 13.6. The molecule has 0 fully saturated rings. The van der Waals surface area contributed by atoms with Crippen molar-refractivity contribution in [1.29, 1.82) is 0 Å². The number of nitrogens with zero attached hydrogens (tertiary/aromatic N) is 2. The first-order valence-corrected chi connectivity index (χ1v) is 16.5. The number of carbonyl (C=O) groups is 1. The number of esters is 1. The maximum atomic E-state index is 14.4. The Labute approximate surface area is 281 Å². The van der Waals surface area contributed by atoms with Gasteiger partial charge in [-0.1, -0.05) is 114 Å². The Kier molecular flexibility index (Phi) is 8.72. The summed E-state index contributed by atoms with van der Waals surface area (Å²) in [4.78, 5) is 33.5. The second-order valence-electron chi connectivity index (χ2n) is 11.2. The quantitative estimate of drug-likeness (QED) is 0.163. The fourth-order valence-electron chi connectivity index (χ4n) is 5.99. The molecule has 48 heavy (non-hydrogen) atoms. The van der Waals surface area contributed by atoms with Gasteiger partial charge in [0, 0.05) is 11.1 Å². The molecule has 7 nitrogen and oxygen atoms in total. The molecular weight excluding hydrogens is 621 g/mol. The highest BCUT2D eigenvalue weighted by Crippen LogP contribution is 2.36. The SMILES string of the molecule is CCOC(=O)C1=C(c2ccccc2)N=c2s/c(=C/c3ccccc3OCc3cccc4ccccc34)c(=O)n2[C@H]1c1ccc(OC)cc1. The Morgan fingerprint density at radius 2 is 1.60 bits per heavy atom. The van der Waals surface area contributed by atoms with Crippen molar-refractivity contribution in [3.05, 3.63) is 169 Å². The van der Waals surface area contributed by atoms with E-state index in [1.54, 1.807) is 18.6 Å². The highest BCUT2D eigenvalue weighted by Gasteiger charge is 2.35. The minimum Gasteiger partial charge on any atom is -0.497 e. The molecule has 1 aliphatic rings. The molecule has 0 amide bonds. The predicted molar refractivity (Wildman–Crippen MR) is 189 cm³/mol. The minimum absolute atomic E-state index is 0.180. The van der Waals surface area contributed by atoms with Crippen molar-refractivity contribution in [1.82, 2.24) is 4.57 Å². The molecule has 0 saturated heterocycles. The average molecular weight is 653 g/mol. The van der Waals surface area contributed by atoms with E-state index in [4.69, 9.17) is 19.2 Å². The van der Waals surface area contributed by atoms with E-state index in [9.17, 15) is 9.59 Å². The van der Waals surface area contributed by atoms with Crippen molar-refractivity contribution in [3.8, 4) is 11.5 Å². The summed E-state index contributed by atoms with van der Waals surface area (Å²) in [6.45, 7) is 2.31. The summed E-state index contributed by atoms with van der Waals surface area (Å²) in [5.41, 5.74) is 3.82. The molecule has 0 saturated carbocycles. The number of methoxy groups -OCH3 is 1. The number of benzene rings is 5. The summed E-state index contributed by atoms with van der Waals surface area (Å²) < 4.78 is 19.4. The van der Waals surface area contributed by atoms with Gasteiger partial charge in [-0.15, -0.1) is 0 Å². The van der Waals surface area contributed by atoms with Gasteiger partial charge in [0.2, 0.25) is 0 Å². The topological polar surface area (TPSA) is 79.1 Å². The number of aromatic nitrogens is 1. The molecule has 0 aliphatic carbocycles. The Bertz CT molecular complexity index is 2330. The Hall–Kier alpha value is -5.73. The van der Waals surface area contributed by atoms with Crippen molar-refractivity contribution >= 4 is 39.9 Å². The molecule has 0 bridgehead atoms. The molecule has 1 aromatic heterocycles. The van der Waals surface area contributed by atoms with Crippen LogP contribution in [0.4, 0.5) is 0 Å². The average Bonchev–Trinajstić information content (AvgIpc) is 3.44. The van der Waals surface area contributed by atoms with Crippen molar-refractivity contribution in [2.75, 3.05) is 13.7 Å². The minimum atomic E-state index is -0.776. The van der Waals surface area contributed by atoms with Crippen LogP contribution in [0, 0.1) is 0 Å². The number of fused-ring (bicyclic) bond motifs is 2. The molecule has 0 N–H and O–H groups in total. The van der Waals surface area contributed by atoms with Gasteiger partial charge in [0.25, 0.3) is 5.56 Å². The largest absolute Gasteiger partial charge is 0.497 e. The van der Waals surface area contributed by atoms with E-state index in [0.717, 1.165) is 33.0 Å². The third kappa shape index (κ3) is 5.94. The standard InChI is InChI=1S/C40H32N2O5S/c1-3-46-39(44)35-36(27-13-5-4-6-14-27)41-40-42(37(35)28-20-22-31(45-2)23-21-28)38(43)34(48-40)24-29-15-8-10-19-33(29)47-25-30-17-11-16-26-12-7-9-18-32(26)30/h4-24,37H,3,25H2,1-2H3/b34-24+/t37-/m0/s1. The molecule has 8 heteroatoms. The Morgan fingerprint density at radius 3 is 2.40 bits per heavy atom. The normalized spacial score (nSPS) is 14.4. The molecule has 1 atom stereocenters. The number of carbonyl (C=O) groups excluding carboxylic acids is 1. The summed E-state index contributed by atoms with van der Waals surface area (Å²) in [6, 6.07) is 38.2. The summed E-state index contributed by atoms with van der Waals surface area (Å²) in [5.74, 6) is 0.791. The van der Waals surface area contributed by atoms with E-state index >= 15 is 0 Å². The lowest BCUT2D eigenvalue weighted by molar-refractivity contribution is -0.138. The van der Waals surface area contributed by atoms with Gasteiger partial charge in [-0.2, -0.15) is 0 Å². The third-order valence-electron chi connectivity index (χ3n) is 8.27. The van der Waals surface area contributed by atoms with Gasteiger partial charge in [-0.3, -0.25) is 9.36 Å². The molecule has 2 heterocycles. The maximum absolute atomic E-state index is 14.4. The Balaban J connectivity index is 1.36. The van der Waals surface area contributed by atoms with Gasteiger partial charge in [-0.25, -0.2) is 9.79 Å². The van der Waals surface area contributed by atoms with Crippen LogP contribution in [0.2, 0.25) is 0 Å². The van der Waals surface area contributed by atoms with Gasteiger partial charge in [0.05, 0.1) is 35.6 Å². The van der Waals surface area contributed by atoms with Crippen molar-refractivity contribution < 1.29 is 19.0 Å². The van der Waals surface area contributed by atoms with E-state index in [2.05, 4.69) is 24.3 Å². The van der Waals surface area contributed by atoms with Gasteiger partial charge in [0.15, 0.2) is 4.80 Å². The molecule has 6 aromatic rings. The van der Waals surface area contributed by atoms with E-state index in [-0.39, 0.29) is 12.2 Å². The molecule has 238 valence electrons. The van der Waals surface area contributed by atoms with E-state index < -0.39 is 12.0 Å². The smallest absolute Gasteiger partial charge is 0.338 e. The lowest BCUT2D eigenvalue weighted by Gasteiger charge is -2.26. The number of para-hydroxylation sites is 1. The highest BCUT2D eigenvalue weighted by atomic mass is 32.1. The zero-order valence-corrected chi connectivity index (χ0v) is 27.3. The van der Waals surface area contributed by atoms with Crippen LogP contribution in [-0.2, 0) is 16.1 Å². The first-order chi connectivity index (χ1) is 23.6. The van der Waals surface area contributed by atoms with Crippen molar-refractivity contribution in [2.45, 2.75) is 19.6 Å². The van der Waals surface area contributed by atoms with Crippen LogP contribution in [0.5, 0.6) is 11.5 Å². The van der Waals surface area contributed by atoms with E-state index in [1.165, 1.54) is 11.3 Å². The first-order valence-electron chi connectivity index (χ1n) is 15.7. The van der Waals surface area contributed by atoms with Crippen LogP contribution in [0.15, 0.2) is 137 Å². The third-order valence-corrected chi connectivity index (χ3v) is 9.26. The van der Waals surface area contributed by atoms with Crippen LogP contribution in [0.3, 0.4) is 0 Å². The van der Waals surface area contributed by atoms with Gasteiger partial charge in [0.1, 0.15) is 18.1 Å². The molecule has 0 unspecified atom stereocenters. The fraction of sp³-hybridized carbons (Fsp3) is 0.125. The molecule has 1 aliphatic heterocycles. The number of ether oxygens (including phenoxy) is 3. The van der Waals surface area contributed by atoms with E-state index in [1.807, 2.05) is 103 Å². The number of hydrogen-bond donors (Lipinski definition) is 0. The highest BCUT2D eigenvalue weighted by molar-refractivity contribution is 7.07. The van der Waals surface area contributed by atoms with Crippen LogP contribution in [0.1, 0.15) is 35.2 Å². The summed E-state index contributed by atoms with van der Waals surface area (Å²) in [5, 5.41) is 2.28. The van der Waals surface area contributed by atoms with Crippen molar-refractivity contribution in [2.24, 2.45) is 4.99 Å².